The van der Waals surface area contributed by atoms with Crippen LogP contribution in [0.5, 0.6) is 0 Å². The van der Waals surface area contributed by atoms with Crippen LogP contribution in [0.25, 0.3) is 0 Å². The predicted octanol–water partition coefficient (Wildman–Crippen LogP) is 0.396. The molecule has 0 unspecified atom stereocenters. The van der Waals surface area contributed by atoms with Gasteiger partial charge in [0.05, 0.1) is 0 Å². The van der Waals surface area contributed by atoms with Crippen LogP contribution in [-0.4, -0.2) is 56.4 Å². The van der Waals surface area contributed by atoms with Gasteiger partial charge in [-0.25, -0.2) is 0 Å². The predicted molar refractivity (Wildman–Crippen MR) is 61.0 cm³/mol. The van der Waals surface area contributed by atoms with Gasteiger partial charge in [0.2, 0.25) is 0 Å². The van der Waals surface area contributed by atoms with Gasteiger partial charge in [-0.15, -0.1) is 0 Å². The Hall–Kier alpha value is -0.380. The van der Waals surface area contributed by atoms with Crippen LogP contribution in [0.3, 0.4) is 0 Å². The number of halogens is 3. The summed E-state index contributed by atoms with van der Waals surface area (Å²) in [6, 6.07) is 0. The average molecular weight is 289 g/mol. The molecule has 1 heterocycles. The van der Waals surface area contributed by atoms with Crippen molar-refractivity contribution in [2.75, 3.05) is 33.2 Å². The third-order valence-electron chi connectivity index (χ3n) is 3.03. The van der Waals surface area contributed by atoms with Crippen molar-refractivity contribution in [3.8, 4) is 0 Å². The highest BCUT2D eigenvalue weighted by molar-refractivity contribution is 7.86. The molecule has 0 saturated carbocycles. The number of hydrogen-bond donors (Lipinski definition) is 1. The van der Waals surface area contributed by atoms with Crippen molar-refractivity contribution in [2.45, 2.75) is 19.0 Å². The van der Waals surface area contributed by atoms with Gasteiger partial charge in [-0.3, -0.25) is 0 Å². The van der Waals surface area contributed by atoms with E-state index < -0.39 is 22.9 Å². The summed E-state index contributed by atoms with van der Waals surface area (Å²) in [6.07, 6.45) is -3.34. The second kappa shape index (κ2) is 5.72. The summed E-state index contributed by atoms with van der Waals surface area (Å²) in [5.74, 6) is 0.254. The molecule has 1 aliphatic rings. The quantitative estimate of drug-likeness (QED) is 0.814. The van der Waals surface area contributed by atoms with Crippen LogP contribution >= 0.6 is 0 Å². The first-order valence-corrected chi connectivity index (χ1v) is 7.04. The van der Waals surface area contributed by atoms with Crippen molar-refractivity contribution in [1.82, 2.24) is 8.61 Å². The fourth-order valence-corrected chi connectivity index (χ4v) is 3.28. The zero-order valence-electron chi connectivity index (χ0n) is 10.2. The zero-order chi connectivity index (χ0) is 14.0. The van der Waals surface area contributed by atoms with Gasteiger partial charge in [0.25, 0.3) is 10.2 Å². The van der Waals surface area contributed by atoms with Crippen molar-refractivity contribution in [3.05, 3.63) is 0 Å². The lowest BCUT2D eigenvalue weighted by Gasteiger charge is -2.33. The molecule has 0 aliphatic carbocycles. The highest BCUT2D eigenvalue weighted by atomic mass is 32.2. The maximum Gasteiger partial charge on any atom is 0.402 e. The van der Waals surface area contributed by atoms with E-state index in [1.54, 1.807) is 0 Å². The lowest BCUT2D eigenvalue weighted by atomic mass is 9.99. The summed E-state index contributed by atoms with van der Waals surface area (Å²) >= 11 is 0. The first-order chi connectivity index (χ1) is 8.16. The fraction of sp³-hybridized carbons (Fsp3) is 1.00. The van der Waals surface area contributed by atoms with E-state index in [0.717, 1.165) is 11.4 Å². The van der Waals surface area contributed by atoms with E-state index in [0.29, 0.717) is 23.7 Å². The largest absolute Gasteiger partial charge is 0.402 e. The van der Waals surface area contributed by atoms with Crippen LogP contribution in [0.2, 0.25) is 0 Å². The number of nitrogens with two attached hydrogens (primary N) is 1. The molecule has 108 valence electrons. The molecule has 0 radical (unpaired) electrons. The molecule has 0 bridgehead atoms. The van der Waals surface area contributed by atoms with E-state index in [9.17, 15) is 21.6 Å². The molecule has 1 aliphatic heterocycles. The van der Waals surface area contributed by atoms with E-state index in [1.807, 2.05) is 0 Å². The van der Waals surface area contributed by atoms with E-state index in [1.165, 1.54) is 0 Å². The SMILES string of the molecule is CN(CC(F)(F)F)S(=O)(=O)N1CCC(CN)CC1. The highest BCUT2D eigenvalue weighted by Crippen LogP contribution is 2.22. The zero-order valence-corrected chi connectivity index (χ0v) is 11.0. The number of alkyl halides is 3. The third-order valence-corrected chi connectivity index (χ3v) is 4.96. The molecule has 9 heteroatoms. The second-order valence-corrected chi connectivity index (χ2v) is 6.49. The summed E-state index contributed by atoms with van der Waals surface area (Å²) < 4.78 is 61.7. The average Bonchev–Trinajstić information content (AvgIpc) is 2.27. The van der Waals surface area contributed by atoms with Gasteiger partial charge in [0.15, 0.2) is 0 Å². The van der Waals surface area contributed by atoms with Crippen LogP contribution in [0.15, 0.2) is 0 Å². The summed E-state index contributed by atoms with van der Waals surface area (Å²) in [4.78, 5) is 0. The minimum atomic E-state index is -4.53. The van der Waals surface area contributed by atoms with Crippen LogP contribution < -0.4 is 5.73 Å². The number of piperidine rings is 1. The van der Waals surface area contributed by atoms with Gasteiger partial charge in [-0.05, 0) is 25.3 Å². The molecule has 18 heavy (non-hydrogen) atoms. The Kier molecular flexibility index (Phi) is 4.98. The third kappa shape index (κ3) is 4.08. The normalized spacial score (nSPS) is 20.6. The summed E-state index contributed by atoms with van der Waals surface area (Å²) in [7, 11) is -3.08. The van der Waals surface area contributed by atoms with Gasteiger partial charge >= 0.3 is 6.18 Å². The van der Waals surface area contributed by atoms with Crippen LogP contribution in [0.1, 0.15) is 12.8 Å². The summed E-state index contributed by atoms with van der Waals surface area (Å²) in [5.41, 5.74) is 5.47. The van der Waals surface area contributed by atoms with E-state index >= 15 is 0 Å². The summed E-state index contributed by atoms with van der Waals surface area (Å²) in [5, 5.41) is 0. The Morgan fingerprint density at radius 2 is 1.83 bits per heavy atom. The van der Waals surface area contributed by atoms with Gasteiger partial charge in [0.1, 0.15) is 6.54 Å². The number of rotatable bonds is 4. The monoisotopic (exact) mass is 289 g/mol. The van der Waals surface area contributed by atoms with Crippen LogP contribution in [0, 0.1) is 5.92 Å². The maximum absolute atomic E-state index is 12.2. The minimum absolute atomic E-state index is 0.229. The van der Waals surface area contributed by atoms with Gasteiger partial charge < -0.3 is 5.73 Å². The van der Waals surface area contributed by atoms with Gasteiger partial charge in [0, 0.05) is 20.1 Å². The highest BCUT2D eigenvalue weighted by Gasteiger charge is 2.37. The molecular formula is C9H18F3N3O2S. The molecule has 1 rings (SSSR count). The van der Waals surface area contributed by atoms with E-state index in [2.05, 4.69) is 0 Å². The molecule has 1 fully saturated rings. The Balaban J connectivity index is 2.64. The van der Waals surface area contributed by atoms with E-state index in [-0.39, 0.29) is 19.0 Å². The van der Waals surface area contributed by atoms with Crippen LogP contribution in [0.4, 0.5) is 13.2 Å². The molecular weight excluding hydrogens is 271 g/mol. The first-order valence-electron chi connectivity index (χ1n) is 5.65. The Morgan fingerprint density at radius 1 is 1.33 bits per heavy atom. The molecule has 0 spiro atoms. The smallest absolute Gasteiger partial charge is 0.330 e. The Morgan fingerprint density at radius 3 is 2.22 bits per heavy atom. The van der Waals surface area contributed by atoms with E-state index in [4.69, 9.17) is 5.73 Å². The topological polar surface area (TPSA) is 66.6 Å². The van der Waals surface area contributed by atoms with Crippen molar-refractivity contribution in [3.63, 3.8) is 0 Å². The Bertz CT molecular complexity index is 364. The molecule has 0 aromatic heterocycles. The molecule has 2 N–H and O–H groups in total. The molecule has 0 aromatic rings. The fourth-order valence-electron chi connectivity index (χ4n) is 1.91. The van der Waals surface area contributed by atoms with Crippen molar-refractivity contribution in [1.29, 1.82) is 0 Å². The number of hydrogen-bond acceptors (Lipinski definition) is 3. The lowest BCUT2D eigenvalue weighted by molar-refractivity contribution is -0.134. The molecule has 1 saturated heterocycles. The van der Waals surface area contributed by atoms with Gasteiger partial charge in [-0.1, -0.05) is 0 Å². The molecule has 0 atom stereocenters. The molecule has 5 nitrogen and oxygen atoms in total. The number of nitrogens with zero attached hydrogens (tertiary/aromatic N) is 2. The van der Waals surface area contributed by atoms with Gasteiger partial charge in [-0.2, -0.15) is 30.2 Å². The standard InChI is InChI=1S/C9H18F3N3O2S/c1-14(7-9(10,11)12)18(16,17)15-4-2-8(6-13)3-5-15/h8H,2-7,13H2,1H3. The van der Waals surface area contributed by atoms with Crippen molar-refractivity contribution >= 4 is 10.2 Å². The first kappa shape index (κ1) is 15.7. The van der Waals surface area contributed by atoms with Crippen molar-refractivity contribution in [2.24, 2.45) is 11.7 Å². The maximum atomic E-state index is 12.2. The Labute approximate surface area is 105 Å². The second-order valence-electron chi connectivity index (χ2n) is 4.46. The summed E-state index contributed by atoms with van der Waals surface area (Å²) in [6.45, 7) is -0.531. The molecule has 0 amide bonds. The lowest BCUT2D eigenvalue weighted by Crippen LogP contribution is -2.48. The van der Waals surface area contributed by atoms with Crippen LogP contribution in [-0.2, 0) is 10.2 Å². The van der Waals surface area contributed by atoms with Crippen molar-refractivity contribution < 1.29 is 21.6 Å². The molecule has 0 aromatic carbocycles. The minimum Gasteiger partial charge on any atom is -0.330 e.